The molecule has 4 nitrogen and oxygen atoms in total. The Morgan fingerprint density at radius 3 is 2.40 bits per heavy atom. The fourth-order valence-corrected chi connectivity index (χ4v) is 3.16. The average Bonchev–Trinajstić information content (AvgIpc) is 2.94. The van der Waals surface area contributed by atoms with E-state index in [0.29, 0.717) is 19.1 Å². The van der Waals surface area contributed by atoms with Gasteiger partial charge in [-0.15, -0.1) is 0 Å². The summed E-state index contributed by atoms with van der Waals surface area (Å²) in [7, 11) is 0. The quantitative estimate of drug-likeness (QED) is 0.830. The molecule has 1 aliphatic carbocycles. The van der Waals surface area contributed by atoms with Crippen molar-refractivity contribution < 1.29 is 4.79 Å². The molecule has 2 rings (SSSR count). The predicted octanol–water partition coefficient (Wildman–Crippen LogP) is 1.72. The van der Waals surface area contributed by atoms with Crippen molar-refractivity contribution in [3.63, 3.8) is 0 Å². The zero-order valence-corrected chi connectivity index (χ0v) is 12.2. The summed E-state index contributed by atoms with van der Waals surface area (Å²) in [5.41, 5.74) is 13.8. The molecule has 0 aromatic heterocycles. The average molecular weight is 275 g/mol. The van der Waals surface area contributed by atoms with Crippen molar-refractivity contribution in [1.29, 1.82) is 0 Å². The molecule has 4 heteroatoms. The van der Waals surface area contributed by atoms with Crippen LogP contribution in [0.4, 0.5) is 0 Å². The Labute approximate surface area is 121 Å². The van der Waals surface area contributed by atoms with E-state index in [1.165, 1.54) is 24.0 Å². The molecule has 1 saturated carbocycles. The van der Waals surface area contributed by atoms with Crippen molar-refractivity contribution in [3.8, 4) is 0 Å². The van der Waals surface area contributed by atoms with Crippen LogP contribution in [0.15, 0.2) is 24.3 Å². The van der Waals surface area contributed by atoms with Crippen LogP contribution in [0, 0.1) is 6.92 Å². The molecule has 0 aliphatic heterocycles. The summed E-state index contributed by atoms with van der Waals surface area (Å²) in [6.07, 6.45) is 4.72. The summed E-state index contributed by atoms with van der Waals surface area (Å²) in [6, 6.07) is 8.90. The van der Waals surface area contributed by atoms with Crippen LogP contribution in [0.1, 0.15) is 42.9 Å². The number of primary amides is 1. The van der Waals surface area contributed by atoms with Gasteiger partial charge < -0.3 is 11.5 Å². The summed E-state index contributed by atoms with van der Waals surface area (Å²) in [4.78, 5) is 13.6. The summed E-state index contributed by atoms with van der Waals surface area (Å²) >= 11 is 0. The molecule has 1 unspecified atom stereocenters. The normalized spacial score (nSPS) is 17.6. The predicted molar refractivity (Wildman–Crippen MR) is 81.1 cm³/mol. The SMILES string of the molecule is Cc1ccc(C(CN)N(CC(N)=O)C2CCCC2)cc1. The lowest BCUT2D eigenvalue weighted by Gasteiger charge is -2.35. The lowest BCUT2D eigenvalue weighted by molar-refractivity contribution is -0.120. The Bertz CT molecular complexity index is 438. The van der Waals surface area contributed by atoms with Crippen molar-refractivity contribution in [2.24, 2.45) is 11.5 Å². The molecule has 1 amide bonds. The van der Waals surface area contributed by atoms with Gasteiger partial charge in [-0.25, -0.2) is 0 Å². The summed E-state index contributed by atoms with van der Waals surface area (Å²) in [5.74, 6) is -0.275. The van der Waals surface area contributed by atoms with Crippen molar-refractivity contribution in [1.82, 2.24) is 4.90 Å². The van der Waals surface area contributed by atoms with E-state index in [1.807, 2.05) is 0 Å². The molecule has 0 spiro atoms. The molecule has 1 aromatic carbocycles. The van der Waals surface area contributed by atoms with Crippen LogP contribution in [0.3, 0.4) is 0 Å². The monoisotopic (exact) mass is 275 g/mol. The van der Waals surface area contributed by atoms with E-state index in [1.54, 1.807) is 0 Å². The van der Waals surface area contributed by atoms with E-state index < -0.39 is 0 Å². The number of benzene rings is 1. The molecule has 0 saturated heterocycles. The van der Waals surface area contributed by atoms with Gasteiger partial charge in [0.1, 0.15) is 0 Å². The van der Waals surface area contributed by atoms with Gasteiger partial charge in [-0.3, -0.25) is 9.69 Å². The van der Waals surface area contributed by atoms with Crippen molar-refractivity contribution in [3.05, 3.63) is 35.4 Å². The van der Waals surface area contributed by atoms with Gasteiger partial charge in [0.25, 0.3) is 0 Å². The molecule has 1 aromatic rings. The van der Waals surface area contributed by atoms with Crippen LogP contribution >= 0.6 is 0 Å². The van der Waals surface area contributed by atoms with E-state index in [4.69, 9.17) is 11.5 Å². The lowest BCUT2D eigenvalue weighted by atomic mass is 10.0. The summed E-state index contributed by atoms with van der Waals surface area (Å²) < 4.78 is 0. The minimum Gasteiger partial charge on any atom is -0.369 e. The third kappa shape index (κ3) is 3.58. The second kappa shape index (κ2) is 6.86. The smallest absolute Gasteiger partial charge is 0.231 e. The second-order valence-electron chi connectivity index (χ2n) is 5.74. The zero-order valence-electron chi connectivity index (χ0n) is 12.2. The van der Waals surface area contributed by atoms with Crippen LogP contribution < -0.4 is 11.5 Å². The van der Waals surface area contributed by atoms with E-state index in [2.05, 4.69) is 36.1 Å². The number of hydrogen-bond donors (Lipinski definition) is 2. The Morgan fingerprint density at radius 1 is 1.30 bits per heavy atom. The fourth-order valence-electron chi connectivity index (χ4n) is 3.16. The van der Waals surface area contributed by atoms with Crippen LogP contribution in [-0.4, -0.2) is 29.9 Å². The molecule has 110 valence electrons. The second-order valence-corrected chi connectivity index (χ2v) is 5.74. The molecule has 20 heavy (non-hydrogen) atoms. The highest BCUT2D eigenvalue weighted by atomic mass is 16.1. The zero-order chi connectivity index (χ0) is 14.5. The summed E-state index contributed by atoms with van der Waals surface area (Å²) in [5, 5.41) is 0. The molecule has 4 N–H and O–H groups in total. The van der Waals surface area contributed by atoms with Crippen LogP contribution in [0.5, 0.6) is 0 Å². The van der Waals surface area contributed by atoms with E-state index >= 15 is 0 Å². The van der Waals surface area contributed by atoms with E-state index in [-0.39, 0.29) is 11.9 Å². The number of hydrogen-bond acceptors (Lipinski definition) is 3. The Morgan fingerprint density at radius 2 is 1.90 bits per heavy atom. The van der Waals surface area contributed by atoms with Crippen molar-refractivity contribution in [2.45, 2.75) is 44.7 Å². The van der Waals surface area contributed by atoms with Gasteiger partial charge >= 0.3 is 0 Å². The van der Waals surface area contributed by atoms with Gasteiger partial charge in [0.05, 0.1) is 6.54 Å². The highest BCUT2D eigenvalue weighted by molar-refractivity contribution is 5.76. The first-order valence-electron chi connectivity index (χ1n) is 7.42. The third-order valence-corrected chi connectivity index (χ3v) is 4.22. The maximum absolute atomic E-state index is 11.4. The number of carbonyl (C=O) groups is 1. The van der Waals surface area contributed by atoms with E-state index in [0.717, 1.165) is 12.8 Å². The van der Waals surface area contributed by atoms with Gasteiger partial charge in [-0.2, -0.15) is 0 Å². The first-order valence-corrected chi connectivity index (χ1v) is 7.42. The minimum atomic E-state index is -0.275. The van der Waals surface area contributed by atoms with Gasteiger partial charge in [0.2, 0.25) is 5.91 Å². The minimum absolute atomic E-state index is 0.0752. The topological polar surface area (TPSA) is 72.3 Å². The Hall–Kier alpha value is -1.39. The molecule has 1 atom stereocenters. The number of carbonyl (C=O) groups excluding carboxylic acids is 1. The van der Waals surface area contributed by atoms with Gasteiger partial charge in [-0.1, -0.05) is 42.7 Å². The largest absolute Gasteiger partial charge is 0.369 e. The first-order chi connectivity index (χ1) is 9.61. The lowest BCUT2D eigenvalue weighted by Crippen LogP contribution is -2.44. The summed E-state index contributed by atoms with van der Waals surface area (Å²) in [6.45, 7) is 2.87. The number of nitrogens with zero attached hydrogens (tertiary/aromatic N) is 1. The number of rotatable bonds is 6. The Kier molecular flexibility index (Phi) is 5.15. The third-order valence-electron chi connectivity index (χ3n) is 4.22. The molecule has 0 radical (unpaired) electrons. The standard InChI is InChI=1S/C16H25N3O/c1-12-6-8-13(9-7-12)15(10-17)19(11-16(18)20)14-4-2-3-5-14/h6-9,14-15H,2-5,10-11,17H2,1H3,(H2,18,20). The number of nitrogens with two attached hydrogens (primary N) is 2. The molecule has 0 bridgehead atoms. The molecule has 1 aliphatic rings. The van der Waals surface area contributed by atoms with Gasteiger partial charge in [-0.05, 0) is 25.3 Å². The fraction of sp³-hybridized carbons (Fsp3) is 0.562. The van der Waals surface area contributed by atoms with Crippen molar-refractivity contribution >= 4 is 5.91 Å². The Balaban J connectivity index is 2.23. The molecular formula is C16H25N3O. The first kappa shape index (κ1) is 15.0. The van der Waals surface area contributed by atoms with Crippen LogP contribution in [0.2, 0.25) is 0 Å². The van der Waals surface area contributed by atoms with Gasteiger partial charge in [0, 0.05) is 18.6 Å². The highest BCUT2D eigenvalue weighted by Gasteiger charge is 2.29. The molecule has 1 fully saturated rings. The molecular weight excluding hydrogens is 250 g/mol. The maximum atomic E-state index is 11.4. The van der Waals surface area contributed by atoms with Gasteiger partial charge in [0.15, 0.2) is 0 Å². The highest BCUT2D eigenvalue weighted by Crippen LogP contribution is 2.30. The maximum Gasteiger partial charge on any atom is 0.231 e. The van der Waals surface area contributed by atoms with E-state index in [9.17, 15) is 4.79 Å². The van der Waals surface area contributed by atoms with Crippen LogP contribution in [-0.2, 0) is 4.79 Å². The number of aryl methyl sites for hydroxylation is 1. The van der Waals surface area contributed by atoms with Crippen molar-refractivity contribution in [2.75, 3.05) is 13.1 Å². The number of amides is 1. The van der Waals surface area contributed by atoms with Crippen LogP contribution in [0.25, 0.3) is 0 Å². The molecule has 0 heterocycles.